The Hall–Kier alpha value is -2.67. The van der Waals surface area contributed by atoms with Gasteiger partial charge in [0, 0.05) is 19.2 Å². The molecule has 0 aliphatic carbocycles. The Bertz CT molecular complexity index is 1240. The number of ether oxygens (including phenoxy) is 1. The first-order valence-corrected chi connectivity index (χ1v) is 10.2. The van der Waals surface area contributed by atoms with Crippen molar-refractivity contribution < 1.29 is 19.0 Å². The van der Waals surface area contributed by atoms with Crippen molar-refractivity contribution in [3.05, 3.63) is 79.3 Å². The van der Waals surface area contributed by atoms with Crippen LogP contribution < -0.4 is 5.43 Å². The summed E-state index contributed by atoms with van der Waals surface area (Å²) in [6.45, 7) is 3.89. The van der Waals surface area contributed by atoms with Gasteiger partial charge < -0.3 is 14.4 Å². The summed E-state index contributed by atoms with van der Waals surface area (Å²) in [5.41, 5.74) is 0.947. The van der Waals surface area contributed by atoms with Crippen LogP contribution in [0.3, 0.4) is 0 Å². The van der Waals surface area contributed by atoms with Crippen LogP contribution in [0.2, 0.25) is 10.0 Å². The molecule has 0 radical (unpaired) electrons. The summed E-state index contributed by atoms with van der Waals surface area (Å²) in [5.74, 6) is -1.93. The molecular weight excluding hydrogens is 444 g/mol. The largest absolute Gasteiger partial charge is 0.477 e. The highest BCUT2D eigenvalue weighted by molar-refractivity contribution is 6.42. The first-order chi connectivity index (χ1) is 14.7. The Morgan fingerprint density at radius 2 is 1.87 bits per heavy atom. The maximum Gasteiger partial charge on any atom is 0.341 e. The minimum Gasteiger partial charge on any atom is -0.477 e. The van der Waals surface area contributed by atoms with E-state index in [1.54, 1.807) is 23.6 Å². The molecule has 3 rings (SSSR count). The van der Waals surface area contributed by atoms with Crippen LogP contribution >= 0.6 is 23.2 Å². The van der Waals surface area contributed by atoms with Gasteiger partial charge in [0.15, 0.2) is 0 Å². The molecule has 0 atom stereocenters. The molecule has 162 valence electrons. The zero-order valence-electron chi connectivity index (χ0n) is 17.1. The molecule has 0 unspecified atom stereocenters. The number of rotatable bonds is 6. The Morgan fingerprint density at radius 1 is 1.16 bits per heavy atom. The Labute approximate surface area is 188 Å². The van der Waals surface area contributed by atoms with E-state index < -0.39 is 22.8 Å². The van der Waals surface area contributed by atoms with Crippen molar-refractivity contribution in [1.29, 1.82) is 0 Å². The summed E-state index contributed by atoms with van der Waals surface area (Å²) in [6, 6.07) is 8.72. The topological polar surface area (TPSA) is 68.5 Å². The molecule has 3 aromatic rings. The maximum atomic E-state index is 14.1. The quantitative estimate of drug-likeness (QED) is 0.501. The summed E-state index contributed by atoms with van der Waals surface area (Å²) in [5, 5.41) is 10.5. The van der Waals surface area contributed by atoms with Crippen LogP contribution in [0.1, 0.15) is 28.5 Å². The van der Waals surface area contributed by atoms with E-state index in [0.717, 1.165) is 0 Å². The lowest BCUT2D eigenvalue weighted by atomic mass is 9.93. The number of halogens is 3. The fraction of sp³-hybridized carbons (Fsp3) is 0.217. The first-order valence-electron chi connectivity index (χ1n) is 9.45. The van der Waals surface area contributed by atoms with Crippen LogP contribution in [-0.2, 0) is 17.9 Å². The van der Waals surface area contributed by atoms with E-state index >= 15 is 0 Å². The third kappa shape index (κ3) is 4.24. The Morgan fingerprint density at radius 3 is 2.45 bits per heavy atom. The van der Waals surface area contributed by atoms with Gasteiger partial charge in [-0.2, -0.15) is 0 Å². The summed E-state index contributed by atoms with van der Waals surface area (Å²) in [6.07, 6.45) is 0. The molecule has 1 aromatic heterocycles. The Balaban J connectivity index is 2.55. The molecule has 0 fully saturated rings. The fourth-order valence-electron chi connectivity index (χ4n) is 3.69. The molecule has 0 aliphatic heterocycles. The number of hydrogen-bond acceptors (Lipinski definition) is 3. The van der Waals surface area contributed by atoms with Crippen molar-refractivity contribution in [2.45, 2.75) is 27.0 Å². The molecule has 1 N–H and O–H groups in total. The molecule has 0 saturated heterocycles. The number of nitrogens with zero attached hydrogens (tertiary/aromatic N) is 1. The van der Waals surface area contributed by atoms with Gasteiger partial charge in [0.25, 0.3) is 0 Å². The highest BCUT2D eigenvalue weighted by Gasteiger charge is 2.28. The van der Waals surface area contributed by atoms with E-state index in [4.69, 9.17) is 27.9 Å². The molecule has 31 heavy (non-hydrogen) atoms. The molecule has 0 spiro atoms. The van der Waals surface area contributed by atoms with E-state index in [2.05, 4.69) is 0 Å². The fourth-order valence-corrected chi connectivity index (χ4v) is 3.99. The minimum absolute atomic E-state index is 0.0165. The molecular formula is C23H20Cl2FNO4. The van der Waals surface area contributed by atoms with E-state index in [0.29, 0.717) is 34.0 Å². The van der Waals surface area contributed by atoms with Gasteiger partial charge in [-0.3, -0.25) is 4.79 Å². The molecule has 5 nitrogen and oxygen atoms in total. The number of aromatic carboxylic acids is 1. The zero-order valence-corrected chi connectivity index (χ0v) is 18.6. The van der Waals surface area contributed by atoms with Gasteiger partial charge in [0.1, 0.15) is 11.4 Å². The summed E-state index contributed by atoms with van der Waals surface area (Å²) in [7, 11) is 1.47. The number of carboxylic acid groups (broad SMARTS) is 1. The SMILES string of the molecule is CCn1c(COC)c(-c2cc(F)ccc2C)c(=O)c(C(=O)O)c1-c1ccc(Cl)c(Cl)c1. The van der Waals surface area contributed by atoms with E-state index in [-0.39, 0.29) is 22.9 Å². The van der Waals surface area contributed by atoms with Crippen LogP contribution in [-0.4, -0.2) is 22.8 Å². The highest BCUT2D eigenvalue weighted by atomic mass is 35.5. The molecule has 0 aliphatic rings. The third-order valence-corrected chi connectivity index (χ3v) is 5.79. The number of aromatic nitrogens is 1. The van der Waals surface area contributed by atoms with Crippen LogP contribution in [0.5, 0.6) is 0 Å². The van der Waals surface area contributed by atoms with Crippen LogP contribution in [0.4, 0.5) is 4.39 Å². The number of hydrogen-bond donors (Lipinski definition) is 1. The predicted octanol–water partition coefficient (Wildman–Crippen LogP) is 5.80. The van der Waals surface area contributed by atoms with Crippen LogP contribution in [0, 0.1) is 12.7 Å². The normalized spacial score (nSPS) is 11.0. The minimum atomic E-state index is -1.40. The molecule has 0 saturated carbocycles. The lowest BCUT2D eigenvalue weighted by Crippen LogP contribution is -2.27. The van der Waals surface area contributed by atoms with Gasteiger partial charge in [-0.1, -0.05) is 35.3 Å². The average molecular weight is 464 g/mol. The van der Waals surface area contributed by atoms with Crippen molar-refractivity contribution in [3.8, 4) is 22.4 Å². The number of aryl methyl sites for hydroxylation is 1. The smallest absolute Gasteiger partial charge is 0.341 e. The second-order valence-corrected chi connectivity index (χ2v) is 7.76. The highest BCUT2D eigenvalue weighted by Crippen LogP contribution is 2.34. The van der Waals surface area contributed by atoms with Gasteiger partial charge in [-0.15, -0.1) is 0 Å². The van der Waals surface area contributed by atoms with Gasteiger partial charge in [0.2, 0.25) is 5.43 Å². The average Bonchev–Trinajstić information content (AvgIpc) is 2.72. The summed E-state index contributed by atoms with van der Waals surface area (Å²) < 4.78 is 21.1. The molecule has 1 heterocycles. The summed E-state index contributed by atoms with van der Waals surface area (Å²) >= 11 is 12.2. The number of benzene rings is 2. The number of pyridine rings is 1. The Kier molecular flexibility index (Phi) is 6.84. The summed E-state index contributed by atoms with van der Waals surface area (Å²) in [4.78, 5) is 25.8. The predicted molar refractivity (Wildman–Crippen MR) is 120 cm³/mol. The number of carboxylic acids is 1. The number of methoxy groups -OCH3 is 1. The van der Waals surface area contributed by atoms with Crippen molar-refractivity contribution in [3.63, 3.8) is 0 Å². The standard InChI is InChI=1S/C23H20Cl2FNO4/c1-4-27-18(11-31-3)19(15-10-14(26)7-5-12(15)2)22(28)20(23(29)30)21(27)13-6-8-16(24)17(25)9-13/h5-10H,4,11H2,1-3H3,(H,29,30). The van der Waals surface area contributed by atoms with Gasteiger partial charge in [-0.05, 0) is 49.2 Å². The third-order valence-electron chi connectivity index (χ3n) is 5.05. The second-order valence-electron chi connectivity index (χ2n) is 6.94. The van der Waals surface area contributed by atoms with Crippen LogP contribution in [0.15, 0.2) is 41.2 Å². The van der Waals surface area contributed by atoms with Crippen molar-refractivity contribution in [2.24, 2.45) is 0 Å². The van der Waals surface area contributed by atoms with Gasteiger partial charge >= 0.3 is 5.97 Å². The first kappa shape index (κ1) is 23.0. The second kappa shape index (κ2) is 9.22. The van der Waals surface area contributed by atoms with Crippen molar-refractivity contribution in [1.82, 2.24) is 4.57 Å². The van der Waals surface area contributed by atoms with E-state index in [1.165, 1.54) is 31.4 Å². The molecule has 2 aromatic carbocycles. The van der Waals surface area contributed by atoms with Crippen LogP contribution in [0.25, 0.3) is 22.4 Å². The molecule has 0 amide bonds. The van der Waals surface area contributed by atoms with Gasteiger partial charge in [0.05, 0.1) is 33.6 Å². The lowest BCUT2D eigenvalue weighted by Gasteiger charge is -2.23. The van der Waals surface area contributed by atoms with Crippen molar-refractivity contribution in [2.75, 3.05) is 7.11 Å². The maximum absolute atomic E-state index is 14.1. The number of carbonyl (C=O) groups is 1. The van der Waals surface area contributed by atoms with E-state index in [9.17, 15) is 19.1 Å². The monoisotopic (exact) mass is 463 g/mol. The van der Waals surface area contributed by atoms with E-state index in [1.807, 2.05) is 6.92 Å². The molecule has 8 heteroatoms. The van der Waals surface area contributed by atoms with Crippen molar-refractivity contribution >= 4 is 29.2 Å². The lowest BCUT2D eigenvalue weighted by molar-refractivity contribution is 0.0695. The zero-order chi connectivity index (χ0) is 22.9. The molecule has 0 bridgehead atoms. The van der Waals surface area contributed by atoms with Gasteiger partial charge in [-0.25, -0.2) is 9.18 Å².